The molecule has 1 amide bonds. The van der Waals surface area contributed by atoms with Crippen molar-refractivity contribution in [2.24, 2.45) is 0 Å². The van der Waals surface area contributed by atoms with Crippen LogP contribution in [0.3, 0.4) is 0 Å². The number of ether oxygens (including phenoxy) is 2. The summed E-state index contributed by atoms with van der Waals surface area (Å²) in [6.45, 7) is 6.01. The topological polar surface area (TPSA) is 64.6 Å². The summed E-state index contributed by atoms with van der Waals surface area (Å²) in [5.74, 6) is -0.104. The van der Waals surface area contributed by atoms with Crippen molar-refractivity contribution in [3.63, 3.8) is 0 Å². The molecule has 0 unspecified atom stereocenters. The van der Waals surface area contributed by atoms with E-state index in [0.717, 1.165) is 27.1 Å². The molecule has 1 aromatic heterocycles. The zero-order chi connectivity index (χ0) is 22.5. The van der Waals surface area contributed by atoms with E-state index in [0.29, 0.717) is 16.3 Å². The first kappa shape index (κ1) is 22.3. The number of carbonyl (C=O) groups excluding carboxylic acids is 2. The molecule has 0 aliphatic carbocycles. The number of hydrogen-bond donors (Lipinski definition) is 1. The number of hydrogen-bond acceptors (Lipinski definition) is 5. The lowest BCUT2D eigenvalue weighted by Crippen LogP contribution is -2.11. The molecule has 6 heteroatoms. The molecule has 0 aliphatic heterocycles. The van der Waals surface area contributed by atoms with Crippen LogP contribution in [0.25, 0.3) is 17.2 Å². The summed E-state index contributed by atoms with van der Waals surface area (Å²) in [5, 5.41) is 3.31. The molecule has 0 fully saturated rings. The molecular formula is C25H25NO4S. The van der Waals surface area contributed by atoms with Crippen LogP contribution in [-0.4, -0.2) is 26.1 Å². The van der Waals surface area contributed by atoms with Crippen LogP contribution in [0.15, 0.2) is 48.5 Å². The first-order valence-corrected chi connectivity index (χ1v) is 10.6. The Hall–Kier alpha value is -3.38. The van der Waals surface area contributed by atoms with Crippen LogP contribution in [0, 0.1) is 20.8 Å². The van der Waals surface area contributed by atoms with Gasteiger partial charge in [0.15, 0.2) is 0 Å². The van der Waals surface area contributed by atoms with Crippen LogP contribution in [0.4, 0.5) is 5.00 Å². The summed E-state index contributed by atoms with van der Waals surface area (Å²) in [5.41, 5.74) is 5.21. The molecule has 0 aliphatic rings. The van der Waals surface area contributed by atoms with E-state index in [1.165, 1.54) is 30.1 Å². The third-order valence-corrected chi connectivity index (χ3v) is 6.05. The molecule has 0 radical (unpaired) electrons. The van der Waals surface area contributed by atoms with Crippen molar-refractivity contribution in [2.45, 2.75) is 20.8 Å². The third kappa shape index (κ3) is 5.03. The Morgan fingerprint density at radius 2 is 1.77 bits per heavy atom. The fourth-order valence-corrected chi connectivity index (χ4v) is 4.31. The average molecular weight is 436 g/mol. The SMILES string of the molecule is COC(=O)c1c(NC(=O)/C=C/c2cccc(OC)c2)sc(C)c1-c1ccc(C)c(C)c1. The van der Waals surface area contributed by atoms with Gasteiger partial charge in [-0.05, 0) is 61.2 Å². The highest BCUT2D eigenvalue weighted by atomic mass is 32.1. The van der Waals surface area contributed by atoms with Gasteiger partial charge >= 0.3 is 5.97 Å². The molecule has 0 atom stereocenters. The van der Waals surface area contributed by atoms with Crippen molar-refractivity contribution in [1.82, 2.24) is 0 Å². The van der Waals surface area contributed by atoms with Gasteiger partial charge in [-0.25, -0.2) is 4.79 Å². The van der Waals surface area contributed by atoms with Crippen LogP contribution >= 0.6 is 11.3 Å². The number of anilines is 1. The Labute approximate surface area is 186 Å². The molecule has 1 N–H and O–H groups in total. The van der Waals surface area contributed by atoms with E-state index in [-0.39, 0.29) is 5.91 Å². The van der Waals surface area contributed by atoms with Gasteiger partial charge in [0, 0.05) is 16.5 Å². The summed E-state index contributed by atoms with van der Waals surface area (Å²) >= 11 is 1.36. The number of rotatable bonds is 6. The number of nitrogens with one attached hydrogen (secondary N) is 1. The number of aryl methyl sites for hydroxylation is 3. The second-order valence-electron chi connectivity index (χ2n) is 7.13. The van der Waals surface area contributed by atoms with Gasteiger partial charge in [0.25, 0.3) is 0 Å². The molecule has 3 rings (SSSR count). The van der Waals surface area contributed by atoms with E-state index < -0.39 is 5.97 Å². The number of carbonyl (C=O) groups is 2. The molecule has 0 saturated carbocycles. The lowest BCUT2D eigenvalue weighted by atomic mass is 9.97. The second-order valence-corrected chi connectivity index (χ2v) is 8.35. The minimum absolute atomic E-state index is 0.333. The van der Waals surface area contributed by atoms with Crippen molar-refractivity contribution in [3.05, 3.63) is 75.7 Å². The molecule has 160 valence electrons. The zero-order valence-electron chi connectivity index (χ0n) is 18.2. The van der Waals surface area contributed by atoms with Gasteiger partial charge in [-0.15, -0.1) is 11.3 Å². The van der Waals surface area contributed by atoms with Crippen molar-refractivity contribution < 1.29 is 19.1 Å². The fourth-order valence-electron chi connectivity index (χ4n) is 3.24. The van der Waals surface area contributed by atoms with Crippen molar-refractivity contribution in [1.29, 1.82) is 0 Å². The number of methoxy groups -OCH3 is 2. The molecule has 0 spiro atoms. The van der Waals surface area contributed by atoms with Crippen LogP contribution in [0.5, 0.6) is 5.75 Å². The quantitative estimate of drug-likeness (QED) is 0.393. The highest BCUT2D eigenvalue weighted by molar-refractivity contribution is 7.17. The number of amides is 1. The summed E-state index contributed by atoms with van der Waals surface area (Å²) in [6.07, 6.45) is 3.13. The van der Waals surface area contributed by atoms with Gasteiger partial charge in [0.05, 0.1) is 14.2 Å². The maximum Gasteiger partial charge on any atom is 0.341 e. The Morgan fingerprint density at radius 1 is 1.00 bits per heavy atom. The fraction of sp³-hybridized carbons (Fsp3) is 0.200. The summed E-state index contributed by atoms with van der Waals surface area (Å²) in [6, 6.07) is 13.4. The number of benzene rings is 2. The normalized spacial score (nSPS) is 10.9. The van der Waals surface area contributed by atoms with E-state index in [2.05, 4.69) is 5.32 Å². The second kappa shape index (κ2) is 9.62. The number of thiophene rings is 1. The molecule has 31 heavy (non-hydrogen) atoms. The smallest absolute Gasteiger partial charge is 0.341 e. The van der Waals surface area contributed by atoms with E-state index in [1.807, 2.05) is 63.2 Å². The Balaban J connectivity index is 1.93. The van der Waals surface area contributed by atoms with E-state index >= 15 is 0 Å². The van der Waals surface area contributed by atoms with Gasteiger partial charge in [0.1, 0.15) is 16.3 Å². The minimum atomic E-state index is -0.482. The Kier molecular flexibility index (Phi) is 6.92. The summed E-state index contributed by atoms with van der Waals surface area (Å²) in [7, 11) is 2.93. The van der Waals surface area contributed by atoms with E-state index in [4.69, 9.17) is 9.47 Å². The predicted molar refractivity (Wildman–Crippen MR) is 126 cm³/mol. The van der Waals surface area contributed by atoms with Gasteiger partial charge in [0.2, 0.25) is 5.91 Å². The van der Waals surface area contributed by atoms with Gasteiger partial charge in [-0.3, -0.25) is 4.79 Å². The third-order valence-electron chi connectivity index (χ3n) is 5.03. The highest BCUT2D eigenvalue weighted by Crippen LogP contribution is 2.40. The van der Waals surface area contributed by atoms with Crippen molar-refractivity contribution in [2.75, 3.05) is 19.5 Å². The van der Waals surface area contributed by atoms with Crippen LogP contribution in [-0.2, 0) is 9.53 Å². The lowest BCUT2D eigenvalue weighted by molar-refractivity contribution is -0.111. The minimum Gasteiger partial charge on any atom is -0.497 e. The van der Waals surface area contributed by atoms with Crippen molar-refractivity contribution >= 4 is 34.3 Å². The van der Waals surface area contributed by atoms with Crippen LogP contribution < -0.4 is 10.1 Å². The summed E-state index contributed by atoms with van der Waals surface area (Å²) in [4.78, 5) is 26.1. The zero-order valence-corrected chi connectivity index (χ0v) is 19.1. The maximum atomic E-state index is 12.6. The molecular weight excluding hydrogens is 410 g/mol. The Morgan fingerprint density at radius 3 is 2.45 bits per heavy atom. The van der Waals surface area contributed by atoms with Crippen LogP contribution in [0.1, 0.15) is 31.9 Å². The van der Waals surface area contributed by atoms with Crippen molar-refractivity contribution in [3.8, 4) is 16.9 Å². The first-order valence-electron chi connectivity index (χ1n) is 9.76. The molecule has 2 aromatic carbocycles. The van der Waals surface area contributed by atoms with E-state index in [1.54, 1.807) is 13.2 Å². The average Bonchev–Trinajstić information content (AvgIpc) is 3.09. The molecule has 3 aromatic rings. The first-order chi connectivity index (χ1) is 14.8. The molecule has 1 heterocycles. The molecule has 0 bridgehead atoms. The molecule has 0 saturated heterocycles. The predicted octanol–water partition coefficient (Wildman–Crippen LogP) is 5.79. The highest BCUT2D eigenvalue weighted by Gasteiger charge is 2.25. The van der Waals surface area contributed by atoms with Gasteiger partial charge in [-0.2, -0.15) is 0 Å². The number of esters is 1. The molecule has 5 nitrogen and oxygen atoms in total. The maximum absolute atomic E-state index is 12.6. The van der Waals surface area contributed by atoms with Gasteiger partial charge in [-0.1, -0.05) is 30.3 Å². The van der Waals surface area contributed by atoms with Gasteiger partial charge < -0.3 is 14.8 Å². The largest absolute Gasteiger partial charge is 0.497 e. The Bertz CT molecular complexity index is 1160. The monoisotopic (exact) mass is 435 g/mol. The lowest BCUT2D eigenvalue weighted by Gasteiger charge is -2.09. The summed E-state index contributed by atoms with van der Waals surface area (Å²) < 4.78 is 10.2. The van der Waals surface area contributed by atoms with Crippen LogP contribution in [0.2, 0.25) is 0 Å². The standard InChI is InChI=1S/C25H25NO4S/c1-15-9-11-19(13-16(15)2)22-17(3)31-24(23(22)25(28)30-5)26-21(27)12-10-18-7-6-8-20(14-18)29-4/h6-14H,1-5H3,(H,26,27)/b12-10+. The van der Waals surface area contributed by atoms with E-state index in [9.17, 15) is 9.59 Å².